The molecular weight excluding hydrogens is 434 g/mol. The molecule has 0 aromatic heterocycles. The number of phenolic OH excluding ortho intramolecular Hbond substituents is 1. The van der Waals surface area contributed by atoms with Gasteiger partial charge in [-0.1, -0.05) is 31.4 Å². The van der Waals surface area contributed by atoms with Crippen LogP contribution in [0.2, 0.25) is 0 Å². The van der Waals surface area contributed by atoms with E-state index in [0.29, 0.717) is 5.56 Å². The molecule has 3 amide bonds. The number of benzene rings is 1. The highest BCUT2D eigenvalue weighted by Crippen LogP contribution is 2.35. The molecule has 188 valence electrons. The first-order valence-corrected chi connectivity index (χ1v) is 12.5. The van der Waals surface area contributed by atoms with Gasteiger partial charge in [-0.25, -0.2) is 4.79 Å². The average molecular weight is 474 g/mol. The van der Waals surface area contributed by atoms with Crippen molar-refractivity contribution < 1.29 is 24.2 Å². The predicted molar refractivity (Wildman–Crippen MR) is 129 cm³/mol. The van der Waals surface area contributed by atoms with Gasteiger partial charge in [0, 0.05) is 12.1 Å². The van der Waals surface area contributed by atoms with Crippen LogP contribution in [-0.2, 0) is 14.3 Å². The van der Waals surface area contributed by atoms with Crippen molar-refractivity contribution in [2.24, 2.45) is 0 Å². The zero-order valence-corrected chi connectivity index (χ0v) is 20.8. The molecule has 1 aromatic rings. The van der Waals surface area contributed by atoms with Crippen molar-refractivity contribution in [2.45, 2.75) is 109 Å². The summed E-state index contributed by atoms with van der Waals surface area (Å²) < 4.78 is 5.31. The number of carbonyl (C=O) groups excluding carboxylic acids is 3. The first kappa shape index (κ1) is 25.8. The summed E-state index contributed by atoms with van der Waals surface area (Å²) in [5.74, 6) is -0.557. The summed E-state index contributed by atoms with van der Waals surface area (Å²) in [5, 5.41) is 15.9. The van der Waals surface area contributed by atoms with Crippen LogP contribution in [0.1, 0.15) is 90.7 Å². The van der Waals surface area contributed by atoms with E-state index in [2.05, 4.69) is 10.6 Å². The van der Waals surface area contributed by atoms with Gasteiger partial charge in [-0.15, -0.1) is 0 Å². The van der Waals surface area contributed by atoms with Crippen molar-refractivity contribution in [3.63, 3.8) is 0 Å². The van der Waals surface area contributed by atoms with Crippen LogP contribution >= 0.6 is 0 Å². The number of phenols is 1. The lowest BCUT2D eigenvalue weighted by Gasteiger charge is -2.43. The number of alkyl carbamates (subject to hydrolysis) is 1. The lowest BCUT2D eigenvalue weighted by molar-refractivity contribution is -0.147. The lowest BCUT2D eigenvalue weighted by atomic mass is 9.87. The Kier molecular flexibility index (Phi) is 8.44. The van der Waals surface area contributed by atoms with Gasteiger partial charge in [0.25, 0.3) is 0 Å². The molecule has 34 heavy (non-hydrogen) atoms. The van der Waals surface area contributed by atoms with Gasteiger partial charge < -0.3 is 25.4 Å². The summed E-state index contributed by atoms with van der Waals surface area (Å²) in [4.78, 5) is 41.3. The SMILES string of the molecule is CC(NC(=O)OC(C)(C)C)C(=O)N(C1CCC1)C(C(=O)NC1CCCCC1)c1cccc(O)c1. The van der Waals surface area contributed by atoms with E-state index in [9.17, 15) is 19.5 Å². The van der Waals surface area contributed by atoms with Crippen LogP contribution in [0, 0.1) is 0 Å². The molecule has 3 N–H and O–H groups in total. The minimum atomic E-state index is -0.894. The van der Waals surface area contributed by atoms with Gasteiger partial charge in [0.15, 0.2) is 0 Å². The largest absolute Gasteiger partial charge is 0.508 e. The Labute approximate surface area is 202 Å². The maximum atomic E-state index is 13.7. The molecule has 1 aromatic carbocycles. The highest BCUT2D eigenvalue weighted by Gasteiger charge is 2.41. The quantitative estimate of drug-likeness (QED) is 0.551. The first-order valence-electron chi connectivity index (χ1n) is 12.5. The molecule has 8 nitrogen and oxygen atoms in total. The van der Waals surface area contributed by atoms with Gasteiger partial charge in [0.05, 0.1) is 0 Å². The van der Waals surface area contributed by atoms with Crippen molar-refractivity contribution in [1.82, 2.24) is 15.5 Å². The van der Waals surface area contributed by atoms with E-state index >= 15 is 0 Å². The van der Waals surface area contributed by atoms with Crippen LogP contribution in [0.15, 0.2) is 24.3 Å². The van der Waals surface area contributed by atoms with E-state index in [0.717, 1.165) is 44.9 Å². The van der Waals surface area contributed by atoms with Crippen molar-refractivity contribution in [1.29, 1.82) is 0 Å². The minimum Gasteiger partial charge on any atom is -0.508 e. The number of hydrogen-bond acceptors (Lipinski definition) is 5. The van der Waals surface area contributed by atoms with Crippen LogP contribution in [0.3, 0.4) is 0 Å². The standard InChI is InChI=1S/C26H39N3O5/c1-17(27-25(33)34-26(2,3)4)24(32)29(20-13-9-14-20)22(18-10-8-15-21(30)16-18)23(31)28-19-11-6-5-7-12-19/h8,10,15-17,19-20,22,30H,5-7,9,11-14H2,1-4H3,(H,27,33)(H,28,31). The molecule has 0 bridgehead atoms. The Bertz CT molecular complexity index is 871. The number of ether oxygens (including phenoxy) is 1. The molecule has 2 atom stereocenters. The van der Waals surface area contributed by atoms with Crippen LogP contribution in [0.4, 0.5) is 4.79 Å². The van der Waals surface area contributed by atoms with Crippen LogP contribution in [-0.4, -0.2) is 51.6 Å². The smallest absolute Gasteiger partial charge is 0.408 e. The van der Waals surface area contributed by atoms with Gasteiger partial charge in [-0.05, 0) is 77.5 Å². The van der Waals surface area contributed by atoms with Crippen LogP contribution < -0.4 is 10.6 Å². The van der Waals surface area contributed by atoms with Gasteiger partial charge in [-0.3, -0.25) is 9.59 Å². The summed E-state index contributed by atoms with van der Waals surface area (Å²) >= 11 is 0. The molecule has 2 fully saturated rings. The number of hydrogen-bond donors (Lipinski definition) is 3. The molecule has 2 aliphatic rings. The molecule has 0 heterocycles. The Morgan fingerprint density at radius 3 is 2.29 bits per heavy atom. The highest BCUT2D eigenvalue weighted by molar-refractivity contribution is 5.92. The van der Waals surface area contributed by atoms with Crippen molar-refractivity contribution in [3.05, 3.63) is 29.8 Å². The maximum Gasteiger partial charge on any atom is 0.408 e. The number of aromatic hydroxyl groups is 1. The van der Waals surface area contributed by atoms with Gasteiger partial charge in [-0.2, -0.15) is 0 Å². The third-order valence-electron chi connectivity index (χ3n) is 6.49. The van der Waals surface area contributed by atoms with E-state index in [-0.39, 0.29) is 29.6 Å². The van der Waals surface area contributed by atoms with E-state index in [1.54, 1.807) is 50.8 Å². The topological polar surface area (TPSA) is 108 Å². The Balaban J connectivity index is 1.87. The van der Waals surface area contributed by atoms with Gasteiger partial charge >= 0.3 is 6.09 Å². The third kappa shape index (κ3) is 6.87. The summed E-state index contributed by atoms with van der Waals surface area (Å²) in [6, 6.07) is 4.72. The zero-order chi connectivity index (χ0) is 24.9. The van der Waals surface area contributed by atoms with E-state index in [1.165, 1.54) is 12.5 Å². The maximum absolute atomic E-state index is 13.7. The Morgan fingerprint density at radius 2 is 1.74 bits per heavy atom. The van der Waals surface area contributed by atoms with Crippen LogP contribution in [0.25, 0.3) is 0 Å². The van der Waals surface area contributed by atoms with Crippen molar-refractivity contribution >= 4 is 17.9 Å². The molecule has 0 spiro atoms. The predicted octanol–water partition coefficient (Wildman–Crippen LogP) is 4.18. The number of amides is 3. The molecule has 2 saturated carbocycles. The monoisotopic (exact) mass is 473 g/mol. The number of rotatable bonds is 7. The summed E-state index contributed by atoms with van der Waals surface area (Å²) in [7, 11) is 0. The van der Waals surface area contributed by atoms with E-state index < -0.39 is 23.8 Å². The minimum absolute atomic E-state index is 0.0360. The fourth-order valence-electron chi connectivity index (χ4n) is 4.61. The molecular formula is C26H39N3O5. The molecule has 2 aliphatic carbocycles. The number of nitrogens with zero attached hydrogens (tertiary/aromatic N) is 1. The first-order chi connectivity index (χ1) is 16.0. The Morgan fingerprint density at radius 1 is 1.06 bits per heavy atom. The van der Waals surface area contributed by atoms with Crippen LogP contribution in [0.5, 0.6) is 5.75 Å². The van der Waals surface area contributed by atoms with Gasteiger partial charge in [0.2, 0.25) is 11.8 Å². The second-order valence-corrected chi connectivity index (χ2v) is 10.5. The molecule has 3 rings (SSSR count). The summed E-state index contributed by atoms with van der Waals surface area (Å²) in [6.45, 7) is 6.88. The fraction of sp³-hybridized carbons (Fsp3) is 0.654. The lowest BCUT2D eigenvalue weighted by Crippen LogP contribution is -2.57. The average Bonchev–Trinajstić information content (AvgIpc) is 2.70. The normalized spacial score (nSPS) is 18.8. The second-order valence-electron chi connectivity index (χ2n) is 10.5. The molecule has 0 radical (unpaired) electrons. The van der Waals surface area contributed by atoms with E-state index in [4.69, 9.17) is 4.74 Å². The number of nitrogens with one attached hydrogen (secondary N) is 2. The number of carbonyl (C=O) groups is 3. The Hall–Kier alpha value is -2.77. The fourth-order valence-corrected chi connectivity index (χ4v) is 4.61. The van der Waals surface area contributed by atoms with Crippen molar-refractivity contribution in [2.75, 3.05) is 0 Å². The third-order valence-corrected chi connectivity index (χ3v) is 6.49. The summed E-state index contributed by atoms with van der Waals surface area (Å²) in [5.41, 5.74) is -0.136. The second kappa shape index (κ2) is 11.1. The molecule has 0 aliphatic heterocycles. The van der Waals surface area contributed by atoms with Crippen molar-refractivity contribution in [3.8, 4) is 5.75 Å². The molecule has 0 saturated heterocycles. The van der Waals surface area contributed by atoms with E-state index in [1.807, 2.05) is 0 Å². The zero-order valence-electron chi connectivity index (χ0n) is 20.8. The highest BCUT2D eigenvalue weighted by atomic mass is 16.6. The summed E-state index contributed by atoms with van der Waals surface area (Å²) in [6.07, 6.45) is 7.03. The molecule has 8 heteroatoms. The molecule has 2 unspecified atom stereocenters. The van der Waals surface area contributed by atoms with Gasteiger partial charge in [0.1, 0.15) is 23.4 Å².